The number of nitrogens with zero attached hydrogens (tertiary/aromatic N) is 4. The highest BCUT2D eigenvalue weighted by Gasteiger charge is 2.20. The third-order valence-corrected chi connectivity index (χ3v) is 5.11. The van der Waals surface area contributed by atoms with E-state index in [1.54, 1.807) is 18.6 Å². The summed E-state index contributed by atoms with van der Waals surface area (Å²) in [7, 11) is 0. The predicted octanol–water partition coefficient (Wildman–Crippen LogP) is 3.65. The Bertz CT molecular complexity index is 1130. The Morgan fingerprint density at radius 3 is 2.90 bits per heavy atom. The van der Waals surface area contributed by atoms with Crippen molar-refractivity contribution in [2.45, 2.75) is 39.8 Å². The summed E-state index contributed by atoms with van der Waals surface area (Å²) in [6, 6.07) is 7.91. The lowest BCUT2D eigenvalue weighted by Crippen LogP contribution is -2.34. The summed E-state index contributed by atoms with van der Waals surface area (Å²) in [5.74, 6) is -0.0850. The molecule has 4 rings (SSSR count). The molecule has 7 nitrogen and oxygen atoms in total. The lowest BCUT2D eigenvalue weighted by Gasteiger charge is -2.18. The number of fused-ring (bicyclic) bond motifs is 1. The first-order valence-electron chi connectivity index (χ1n) is 9.71. The molecule has 148 valence electrons. The van der Waals surface area contributed by atoms with Crippen LogP contribution in [0.15, 0.2) is 49.1 Å². The summed E-state index contributed by atoms with van der Waals surface area (Å²) >= 11 is 0. The summed E-state index contributed by atoms with van der Waals surface area (Å²) < 4.78 is 1.87. The third-order valence-electron chi connectivity index (χ3n) is 5.11. The lowest BCUT2D eigenvalue weighted by molar-refractivity contribution is 0.0938. The highest BCUT2D eigenvalue weighted by atomic mass is 16.1. The van der Waals surface area contributed by atoms with E-state index in [1.807, 2.05) is 55.9 Å². The number of benzene rings is 1. The summed E-state index contributed by atoms with van der Waals surface area (Å²) in [5.41, 5.74) is 5.04. The van der Waals surface area contributed by atoms with Crippen molar-refractivity contribution in [2.24, 2.45) is 0 Å². The minimum atomic E-state index is -0.0850. The van der Waals surface area contributed by atoms with Gasteiger partial charge in [-0.2, -0.15) is 10.2 Å². The molecule has 7 heteroatoms. The molecule has 0 fully saturated rings. The first-order chi connectivity index (χ1) is 14.0. The number of rotatable bonds is 6. The fourth-order valence-electron chi connectivity index (χ4n) is 3.55. The summed E-state index contributed by atoms with van der Waals surface area (Å²) in [5, 5.41) is 15.1. The molecule has 0 radical (unpaired) electrons. The Labute approximate surface area is 169 Å². The van der Waals surface area contributed by atoms with E-state index in [-0.39, 0.29) is 11.9 Å². The number of pyridine rings is 1. The fraction of sp³-hybridized carbons (Fsp3) is 0.273. The van der Waals surface area contributed by atoms with Gasteiger partial charge in [-0.15, -0.1) is 0 Å². The van der Waals surface area contributed by atoms with Crippen LogP contribution in [0.5, 0.6) is 0 Å². The minimum absolute atomic E-state index is 0.0106. The molecule has 0 spiro atoms. The monoisotopic (exact) mass is 388 g/mol. The average Bonchev–Trinajstić information content (AvgIpc) is 3.40. The standard InChI is InChI=1S/C22H24N6O/c1-14-5-6-19-18(11-14)20(16(3)21(27-19)17-12-23-24-13-17)22(29)26-15(2)7-10-28-9-4-8-25-28/h4-6,8-9,11-13,15H,7,10H2,1-3H3,(H,23,24)(H,26,29). The Morgan fingerprint density at radius 2 is 2.17 bits per heavy atom. The van der Waals surface area contributed by atoms with Gasteiger partial charge in [0, 0.05) is 42.1 Å². The number of hydrogen-bond donors (Lipinski definition) is 2. The van der Waals surface area contributed by atoms with Crippen LogP contribution >= 0.6 is 0 Å². The van der Waals surface area contributed by atoms with Crippen molar-refractivity contribution in [3.63, 3.8) is 0 Å². The van der Waals surface area contributed by atoms with Crippen molar-refractivity contribution in [2.75, 3.05) is 0 Å². The molecule has 4 aromatic rings. The number of aryl methyl sites for hydroxylation is 2. The van der Waals surface area contributed by atoms with Gasteiger partial charge < -0.3 is 5.32 Å². The van der Waals surface area contributed by atoms with Gasteiger partial charge in [0.25, 0.3) is 5.91 Å². The summed E-state index contributed by atoms with van der Waals surface area (Å²) in [6.45, 7) is 6.74. The van der Waals surface area contributed by atoms with E-state index in [9.17, 15) is 4.79 Å². The van der Waals surface area contributed by atoms with Crippen LogP contribution in [0.2, 0.25) is 0 Å². The van der Waals surface area contributed by atoms with Gasteiger partial charge in [0.15, 0.2) is 0 Å². The molecule has 1 atom stereocenters. The molecule has 0 aliphatic rings. The fourth-order valence-corrected chi connectivity index (χ4v) is 3.55. The van der Waals surface area contributed by atoms with Gasteiger partial charge in [0.1, 0.15) is 0 Å². The number of hydrogen-bond acceptors (Lipinski definition) is 4. The molecule has 2 N–H and O–H groups in total. The zero-order valence-corrected chi connectivity index (χ0v) is 16.8. The zero-order valence-electron chi connectivity index (χ0n) is 16.8. The highest BCUT2D eigenvalue weighted by Crippen LogP contribution is 2.30. The zero-order chi connectivity index (χ0) is 20.4. The van der Waals surface area contributed by atoms with Crippen molar-refractivity contribution in [3.05, 3.63) is 65.7 Å². The second-order valence-corrected chi connectivity index (χ2v) is 7.40. The van der Waals surface area contributed by atoms with Crippen LogP contribution in [-0.4, -0.2) is 36.9 Å². The van der Waals surface area contributed by atoms with Crippen LogP contribution in [0, 0.1) is 13.8 Å². The van der Waals surface area contributed by atoms with Gasteiger partial charge in [-0.05, 0) is 51.0 Å². The SMILES string of the molecule is Cc1ccc2nc(-c3cn[nH]c3)c(C)c(C(=O)NC(C)CCn3cccn3)c2c1. The first kappa shape index (κ1) is 18.9. The third kappa shape index (κ3) is 3.89. The number of H-pyrrole nitrogens is 1. The highest BCUT2D eigenvalue weighted by molar-refractivity contribution is 6.09. The second-order valence-electron chi connectivity index (χ2n) is 7.40. The van der Waals surface area contributed by atoms with Crippen LogP contribution in [0.1, 0.15) is 34.8 Å². The Kier molecular flexibility index (Phi) is 5.12. The Morgan fingerprint density at radius 1 is 1.31 bits per heavy atom. The van der Waals surface area contributed by atoms with E-state index in [1.165, 1.54) is 0 Å². The van der Waals surface area contributed by atoms with Crippen LogP contribution in [0.4, 0.5) is 0 Å². The Hall–Kier alpha value is -3.48. The van der Waals surface area contributed by atoms with Gasteiger partial charge in [0.2, 0.25) is 0 Å². The first-order valence-corrected chi connectivity index (χ1v) is 9.71. The molecule has 0 aliphatic heterocycles. The second kappa shape index (κ2) is 7.87. The number of nitrogens with one attached hydrogen (secondary N) is 2. The number of aromatic nitrogens is 5. The molecule has 0 aliphatic carbocycles. The van der Waals surface area contributed by atoms with Gasteiger partial charge in [-0.3, -0.25) is 14.6 Å². The summed E-state index contributed by atoms with van der Waals surface area (Å²) in [6.07, 6.45) is 8.00. The molecular weight excluding hydrogens is 364 g/mol. The number of carbonyl (C=O) groups excluding carboxylic acids is 1. The number of aromatic amines is 1. The molecule has 0 saturated carbocycles. The normalized spacial score (nSPS) is 12.2. The molecule has 3 aromatic heterocycles. The smallest absolute Gasteiger partial charge is 0.252 e. The van der Waals surface area contributed by atoms with Crippen LogP contribution in [-0.2, 0) is 6.54 Å². The molecule has 1 unspecified atom stereocenters. The van der Waals surface area contributed by atoms with Gasteiger partial charge in [-0.25, -0.2) is 4.98 Å². The maximum Gasteiger partial charge on any atom is 0.252 e. The van der Waals surface area contributed by atoms with Crippen molar-refractivity contribution >= 4 is 16.8 Å². The van der Waals surface area contributed by atoms with E-state index in [0.29, 0.717) is 5.56 Å². The van der Waals surface area contributed by atoms with Crippen LogP contribution < -0.4 is 5.32 Å². The van der Waals surface area contributed by atoms with E-state index < -0.39 is 0 Å². The largest absolute Gasteiger partial charge is 0.349 e. The topological polar surface area (TPSA) is 88.5 Å². The molecule has 0 saturated heterocycles. The van der Waals surface area contributed by atoms with E-state index in [2.05, 4.69) is 20.6 Å². The lowest BCUT2D eigenvalue weighted by atomic mass is 9.97. The molecule has 1 aromatic carbocycles. The quantitative estimate of drug-likeness (QED) is 0.528. The Balaban J connectivity index is 1.68. The predicted molar refractivity (Wildman–Crippen MR) is 113 cm³/mol. The van der Waals surface area contributed by atoms with Crippen molar-refractivity contribution in [3.8, 4) is 11.3 Å². The number of amides is 1. The molecular formula is C22H24N6O. The van der Waals surface area contributed by atoms with Crippen LogP contribution in [0.3, 0.4) is 0 Å². The van der Waals surface area contributed by atoms with Gasteiger partial charge >= 0.3 is 0 Å². The average molecular weight is 388 g/mol. The summed E-state index contributed by atoms with van der Waals surface area (Å²) in [4.78, 5) is 18.1. The molecule has 0 bridgehead atoms. The van der Waals surface area contributed by atoms with Crippen molar-refractivity contribution in [1.29, 1.82) is 0 Å². The molecule has 3 heterocycles. The minimum Gasteiger partial charge on any atom is -0.349 e. The van der Waals surface area contributed by atoms with E-state index >= 15 is 0 Å². The van der Waals surface area contributed by atoms with Crippen molar-refractivity contribution < 1.29 is 4.79 Å². The maximum atomic E-state index is 13.3. The van der Waals surface area contributed by atoms with Gasteiger partial charge in [-0.1, -0.05) is 11.6 Å². The maximum absolute atomic E-state index is 13.3. The van der Waals surface area contributed by atoms with Gasteiger partial charge in [0.05, 0.1) is 23.0 Å². The number of carbonyl (C=O) groups is 1. The van der Waals surface area contributed by atoms with E-state index in [0.717, 1.165) is 46.3 Å². The molecule has 29 heavy (non-hydrogen) atoms. The molecule has 1 amide bonds. The van der Waals surface area contributed by atoms with E-state index in [4.69, 9.17) is 4.98 Å². The van der Waals surface area contributed by atoms with Crippen molar-refractivity contribution in [1.82, 2.24) is 30.3 Å². The van der Waals surface area contributed by atoms with Crippen LogP contribution in [0.25, 0.3) is 22.2 Å².